The number of hydrogen-bond acceptors (Lipinski definition) is 1. The number of hydrogen-bond donors (Lipinski definition) is 0. The first kappa shape index (κ1) is 8.78. The summed E-state index contributed by atoms with van der Waals surface area (Å²) in [6, 6.07) is 0. The van der Waals surface area contributed by atoms with Crippen molar-refractivity contribution in [2.24, 2.45) is 0 Å². The molecule has 3 rings (SSSR count). The molecule has 0 aliphatic heterocycles. The van der Waals surface area contributed by atoms with Gasteiger partial charge in [-0.2, -0.15) is 0 Å². The summed E-state index contributed by atoms with van der Waals surface area (Å²) in [4.78, 5) is 3.27. The van der Waals surface area contributed by atoms with Gasteiger partial charge < -0.3 is 0 Å². The van der Waals surface area contributed by atoms with Crippen molar-refractivity contribution in [3.63, 3.8) is 0 Å². The van der Waals surface area contributed by atoms with E-state index in [0.717, 1.165) is 5.82 Å². The Morgan fingerprint density at radius 3 is 3.14 bits per heavy atom. The maximum absolute atomic E-state index is 2.39. The Kier molecular flexibility index (Phi) is 2.05. The molecule has 0 saturated carbocycles. The average molecular weight is 202 g/mol. The van der Waals surface area contributed by atoms with Crippen molar-refractivity contribution in [2.75, 3.05) is 0 Å². The molecule has 0 bridgehead atoms. The molecule has 0 saturated heterocycles. The molecule has 2 aliphatic rings. The Labute approximate surface area is 90.4 Å². The number of allylic oxidation sites excluding steroid dienone is 1. The van der Waals surface area contributed by atoms with E-state index >= 15 is 0 Å². The smallest absolute Gasteiger partial charge is 0.112 e. The van der Waals surface area contributed by atoms with Gasteiger partial charge >= 0.3 is 0 Å². The summed E-state index contributed by atoms with van der Waals surface area (Å²) < 4.78 is 0. The normalized spacial score (nSPS) is 24.4. The van der Waals surface area contributed by atoms with E-state index in [2.05, 4.69) is 31.3 Å². The van der Waals surface area contributed by atoms with Crippen LogP contribution < -0.4 is 0 Å². The van der Waals surface area contributed by atoms with E-state index in [0.29, 0.717) is 0 Å². The second kappa shape index (κ2) is 3.27. The zero-order valence-electron chi connectivity index (χ0n) is 8.68. The highest BCUT2D eigenvalue weighted by Crippen LogP contribution is 2.41. The first-order valence-electron chi connectivity index (χ1n) is 5.67. The monoisotopic (exact) mass is 202 g/mol. The van der Waals surface area contributed by atoms with Crippen LogP contribution in [0.5, 0.6) is 0 Å². The second-order valence-electron chi connectivity index (χ2n) is 4.52. The summed E-state index contributed by atoms with van der Waals surface area (Å²) in [5.74, 6) is 0.822. The summed E-state index contributed by atoms with van der Waals surface area (Å²) in [5.41, 5.74) is 3.42. The topological polar surface area (TPSA) is 0 Å². The van der Waals surface area contributed by atoms with Crippen LogP contribution in [0.2, 0.25) is 0 Å². The molecule has 1 aromatic heterocycles. The third-order valence-electron chi connectivity index (χ3n) is 3.52. The molecule has 14 heavy (non-hydrogen) atoms. The third-order valence-corrected chi connectivity index (χ3v) is 4.99. The van der Waals surface area contributed by atoms with Crippen LogP contribution in [-0.4, -0.2) is 7.85 Å². The van der Waals surface area contributed by atoms with Gasteiger partial charge in [-0.05, 0) is 48.7 Å². The molecule has 72 valence electrons. The molecule has 0 radical (unpaired) electrons. The van der Waals surface area contributed by atoms with Gasteiger partial charge in [-0.15, -0.1) is 11.3 Å². The highest BCUT2D eigenvalue weighted by atomic mass is 32.1. The standard InChI is InChI=1S/C12H15BS/c13-10-6-3-5-9-8-4-1-2-7-11(8)14-12(9)10/h2,7,10H,1,3-6,13H2. The van der Waals surface area contributed by atoms with Crippen LogP contribution >= 0.6 is 11.3 Å². The Bertz CT molecular complexity index is 389. The van der Waals surface area contributed by atoms with Crippen LogP contribution in [0.3, 0.4) is 0 Å². The lowest BCUT2D eigenvalue weighted by atomic mass is 9.75. The molecular formula is C12H15BS. The van der Waals surface area contributed by atoms with Gasteiger partial charge in [-0.3, -0.25) is 0 Å². The molecule has 0 amide bonds. The summed E-state index contributed by atoms with van der Waals surface area (Å²) >= 11 is 2.06. The maximum atomic E-state index is 2.39. The Morgan fingerprint density at radius 1 is 1.29 bits per heavy atom. The van der Waals surface area contributed by atoms with Crippen molar-refractivity contribution in [3.05, 3.63) is 27.0 Å². The fraction of sp³-hybridized carbons (Fsp3) is 0.500. The largest absolute Gasteiger partial charge is 0.141 e. The van der Waals surface area contributed by atoms with E-state index in [1.807, 2.05) is 0 Å². The fourth-order valence-electron chi connectivity index (χ4n) is 2.75. The first-order chi connectivity index (χ1) is 6.86. The minimum Gasteiger partial charge on any atom is -0.141 e. The molecular weight excluding hydrogens is 187 g/mol. The van der Waals surface area contributed by atoms with Gasteiger partial charge in [-0.25, -0.2) is 0 Å². The minimum atomic E-state index is 0.822. The lowest BCUT2D eigenvalue weighted by Gasteiger charge is -2.19. The van der Waals surface area contributed by atoms with E-state index in [1.165, 1.54) is 32.1 Å². The molecule has 0 aromatic carbocycles. The summed E-state index contributed by atoms with van der Waals surface area (Å²) in [6.45, 7) is 0. The van der Waals surface area contributed by atoms with Crippen LogP contribution in [0, 0.1) is 0 Å². The Hall–Kier alpha value is -0.495. The van der Waals surface area contributed by atoms with E-state index in [1.54, 1.807) is 20.9 Å². The van der Waals surface area contributed by atoms with Crippen molar-refractivity contribution in [1.29, 1.82) is 0 Å². The molecule has 0 N–H and O–H groups in total. The van der Waals surface area contributed by atoms with E-state index in [4.69, 9.17) is 0 Å². The molecule has 0 nitrogen and oxygen atoms in total. The summed E-state index contributed by atoms with van der Waals surface area (Å²) in [5, 5.41) is 0. The van der Waals surface area contributed by atoms with E-state index in [9.17, 15) is 0 Å². The third kappa shape index (κ3) is 1.20. The minimum absolute atomic E-state index is 0.822. The predicted octanol–water partition coefficient (Wildman–Crippen LogP) is 2.72. The van der Waals surface area contributed by atoms with E-state index < -0.39 is 0 Å². The summed E-state index contributed by atoms with van der Waals surface area (Å²) in [7, 11) is 2.39. The fourth-order valence-corrected chi connectivity index (χ4v) is 4.17. The van der Waals surface area contributed by atoms with Crippen LogP contribution in [-0.2, 0) is 12.8 Å². The van der Waals surface area contributed by atoms with E-state index in [-0.39, 0.29) is 0 Å². The number of fused-ring (bicyclic) bond motifs is 3. The van der Waals surface area contributed by atoms with Crippen molar-refractivity contribution >= 4 is 25.3 Å². The second-order valence-corrected chi connectivity index (χ2v) is 5.61. The molecule has 1 aromatic rings. The molecule has 1 atom stereocenters. The van der Waals surface area contributed by atoms with Gasteiger partial charge in [-0.1, -0.05) is 12.5 Å². The van der Waals surface area contributed by atoms with Gasteiger partial charge in [0.1, 0.15) is 7.85 Å². The average Bonchev–Trinajstić information content (AvgIpc) is 2.59. The molecule has 0 spiro atoms. The maximum Gasteiger partial charge on any atom is 0.112 e. The van der Waals surface area contributed by atoms with Crippen molar-refractivity contribution in [3.8, 4) is 0 Å². The highest BCUT2D eigenvalue weighted by molar-refractivity contribution is 7.13. The zero-order valence-corrected chi connectivity index (χ0v) is 9.49. The van der Waals surface area contributed by atoms with Crippen LogP contribution in [0.15, 0.2) is 6.08 Å². The summed E-state index contributed by atoms with van der Waals surface area (Å²) in [6.07, 6.45) is 11.4. The molecule has 2 aliphatic carbocycles. The Balaban J connectivity index is 2.16. The van der Waals surface area contributed by atoms with Gasteiger partial charge in [0.15, 0.2) is 0 Å². The van der Waals surface area contributed by atoms with Crippen LogP contribution in [0.4, 0.5) is 0 Å². The molecule has 2 heteroatoms. The van der Waals surface area contributed by atoms with Gasteiger partial charge in [0.25, 0.3) is 0 Å². The lowest BCUT2D eigenvalue weighted by molar-refractivity contribution is 0.672. The van der Waals surface area contributed by atoms with Crippen LogP contribution in [0.25, 0.3) is 6.08 Å². The Morgan fingerprint density at radius 2 is 2.21 bits per heavy atom. The van der Waals surface area contributed by atoms with Crippen molar-refractivity contribution in [1.82, 2.24) is 0 Å². The quantitative estimate of drug-likeness (QED) is 0.567. The van der Waals surface area contributed by atoms with Gasteiger partial charge in [0, 0.05) is 9.75 Å². The predicted molar refractivity (Wildman–Crippen MR) is 65.9 cm³/mol. The lowest BCUT2D eigenvalue weighted by Crippen LogP contribution is -2.08. The zero-order chi connectivity index (χ0) is 9.54. The molecule has 0 fully saturated rings. The van der Waals surface area contributed by atoms with Crippen molar-refractivity contribution in [2.45, 2.75) is 37.9 Å². The molecule has 1 unspecified atom stereocenters. The van der Waals surface area contributed by atoms with Crippen molar-refractivity contribution < 1.29 is 0 Å². The number of thiophene rings is 1. The molecule has 1 heterocycles. The first-order valence-corrected chi connectivity index (χ1v) is 6.49. The highest BCUT2D eigenvalue weighted by Gasteiger charge is 2.24. The SMILES string of the molecule is BC1CCCc2c1sc1c2CCC=C1. The van der Waals surface area contributed by atoms with Gasteiger partial charge in [0.05, 0.1) is 0 Å². The van der Waals surface area contributed by atoms with Crippen LogP contribution in [0.1, 0.15) is 46.0 Å². The number of rotatable bonds is 0. The van der Waals surface area contributed by atoms with Gasteiger partial charge in [0.2, 0.25) is 0 Å².